The predicted molar refractivity (Wildman–Crippen MR) is 120 cm³/mol. The molecule has 1 amide bonds. The fourth-order valence-corrected chi connectivity index (χ4v) is 3.74. The number of halogens is 3. The van der Waals surface area contributed by atoms with Gasteiger partial charge in [0.2, 0.25) is 5.13 Å². The summed E-state index contributed by atoms with van der Waals surface area (Å²) in [4.78, 5) is 38.9. The van der Waals surface area contributed by atoms with Gasteiger partial charge in [0.1, 0.15) is 11.4 Å². The van der Waals surface area contributed by atoms with Gasteiger partial charge in [0.25, 0.3) is 0 Å². The normalized spacial score (nSPS) is 11.4. The summed E-state index contributed by atoms with van der Waals surface area (Å²) in [5.74, 6) is -3.66. The number of carbonyl (C=O) groups excluding carboxylic acids is 2. The molecule has 4 heterocycles. The molecule has 5 rings (SSSR count). The number of fused-ring (bicyclic) bond motifs is 1. The number of anilines is 3. The number of imidazole rings is 1. The maximum absolute atomic E-state index is 12.9. The van der Waals surface area contributed by atoms with Crippen LogP contribution in [0.3, 0.4) is 0 Å². The highest BCUT2D eigenvalue weighted by molar-refractivity contribution is 7.18. The maximum Gasteiger partial charge on any atom is 0.493 e. The van der Waals surface area contributed by atoms with Gasteiger partial charge < -0.3 is 15.1 Å². The lowest BCUT2D eigenvalue weighted by molar-refractivity contribution is -0.200. The van der Waals surface area contributed by atoms with Gasteiger partial charge in [-0.15, -0.1) is 15.3 Å². The maximum atomic E-state index is 12.9. The first-order chi connectivity index (χ1) is 17.3. The summed E-state index contributed by atoms with van der Waals surface area (Å²) in [7, 11) is 0. The third-order valence-corrected chi connectivity index (χ3v) is 5.49. The second-order valence-electron chi connectivity index (χ2n) is 7.05. The van der Waals surface area contributed by atoms with Crippen LogP contribution in [-0.4, -0.2) is 53.4 Å². The van der Waals surface area contributed by atoms with Crippen LogP contribution in [0.4, 0.5) is 29.7 Å². The van der Waals surface area contributed by atoms with E-state index in [0.717, 1.165) is 40.5 Å². The molecule has 0 spiro atoms. The van der Waals surface area contributed by atoms with E-state index in [1.54, 1.807) is 6.20 Å². The van der Waals surface area contributed by atoms with Crippen molar-refractivity contribution in [3.05, 3.63) is 60.9 Å². The Morgan fingerprint density at radius 3 is 2.75 bits per heavy atom. The van der Waals surface area contributed by atoms with E-state index in [1.165, 1.54) is 18.3 Å². The van der Waals surface area contributed by atoms with E-state index in [-0.39, 0.29) is 22.1 Å². The van der Waals surface area contributed by atoms with E-state index in [9.17, 15) is 22.8 Å². The monoisotopic (exact) mass is 515 g/mol. The van der Waals surface area contributed by atoms with Gasteiger partial charge >= 0.3 is 18.1 Å². The summed E-state index contributed by atoms with van der Waals surface area (Å²) < 4.78 is 38.6. The molecule has 0 radical (unpaired) electrons. The molecule has 0 unspecified atom stereocenters. The van der Waals surface area contributed by atoms with Crippen LogP contribution in [0, 0.1) is 0 Å². The first kappa shape index (κ1) is 22.9. The van der Waals surface area contributed by atoms with Gasteiger partial charge in [-0.1, -0.05) is 11.3 Å². The number of carbonyl (C=O) groups is 2. The molecule has 3 N–H and O–H groups in total. The minimum absolute atomic E-state index is 0.175. The Balaban J connectivity index is 1.42. The largest absolute Gasteiger partial charge is 0.493 e. The quantitative estimate of drug-likeness (QED) is 0.298. The minimum atomic E-state index is -5.33. The molecule has 36 heavy (non-hydrogen) atoms. The molecule has 1 aromatic carbocycles. The zero-order valence-corrected chi connectivity index (χ0v) is 18.5. The number of amides is 1. The van der Waals surface area contributed by atoms with Gasteiger partial charge in [-0.3, -0.25) is 14.9 Å². The third kappa shape index (κ3) is 4.69. The highest BCUT2D eigenvalue weighted by atomic mass is 32.1. The Kier molecular flexibility index (Phi) is 5.77. The van der Waals surface area contributed by atoms with Gasteiger partial charge in [-0.2, -0.15) is 18.3 Å². The molecule has 5 aromatic rings. The van der Waals surface area contributed by atoms with Crippen LogP contribution in [0.1, 0.15) is 10.5 Å². The van der Waals surface area contributed by atoms with Crippen LogP contribution in [0.2, 0.25) is 0 Å². The number of hydrogen-bond donors (Lipinski definition) is 3. The van der Waals surface area contributed by atoms with Crippen molar-refractivity contribution in [1.82, 2.24) is 35.3 Å². The summed E-state index contributed by atoms with van der Waals surface area (Å²) >= 11 is 1.11. The summed E-state index contributed by atoms with van der Waals surface area (Å²) in [5, 5.41) is 19.8. The van der Waals surface area contributed by atoms with Crippen molar-refractivity contribution in [3.8, 4) is 10.7 Å². The lowest BCUT2D eigenvalue weighted by Crippen LogP contribution is -2.39. The molecule has 16 heteroatoms. The Morgan fingerprint density at radius 1 is 1.11 bits per heavy atom. The minimum Gasteiger partial charge on any atom is -0.341 e. The smallest absolute Gasteiger partial charge is 0.341 e. The number of nitrogens with one attached hydrogen (secondary N) is 3. The Morgan fingerprint density at radius 2 is 1.97 bits per heavy atom. The zero-order valence-electron chi connectivity index (χ0n) is 17.6. The summed E-state index contributed by atoms with van der Waals surface area (Å²) in [6.45, 7) is 0. The van der Waals surface area contributed by atoms with Crippen molar-refractivity contribution in [1.29, 1.82) is 0 Å². The molecular weight excluding hydrogens is 503 g/mol. The van der Waals surface area contributed by atoms with Crippen LogP contribution < -0.4 is 10.4 Å². The number of alkyl halides is 3. The van der Waals surface area contributed by atoms with E-state index in [2.05, 4.69) is 45.5 Å². The molecule has 182 valence electrons. The van der Waals surface area contributed by atoms with Crippen molar-refractivity contribution in [3.63, 3.8) is 0 Å². The zero-order chi connectivity index (χ0) is 25.3. The van der Waals surface area contributed by atoms with E-state index < -0.39 is 18.1 Å². The van der Waals surface area contributed by atoms with Gasteiger partial charge in [0, 0.05) is 17.3 Å². The van der Waals surface area contributed by atoms with E-state index >= 15 is 0 Å². The second kappa shape index (κ2) is 9.06. The standard InChI is InChI=1S/C20H12F3N9O3S/c21-20(22,23)18(34)35-32(17(33)15-8-24-9-26-15)12-3-4-25-14(6-12)16-30-31-19(36-16)28-11-1-2-13-10(5-11)7-27-29-13/h1-9H,(H,24,26)(H,27,29)(H,28,31). The number of H-pyrrole nitrogens is 2. The first-order valence-electron chi connectivity index (χ1n) is 9.90. The number of nitrogens with zero attached hydrogens (tertiary/aromatic N) is 6. The molecule has 0 bridgehead atoms. The molecule has 4 aromatic heterocycles. The fraction of sp³-hybridized carbons (Fsp3) is 0.0500. The highest BCUT2D eigenvalue weighted by Gasteiger charge is 2.44. The number of aromatic amines is 2. The second-order valence-corrected chi connectivity index (χ2v) is 8.03. The van der Waals surface area contributed by atoms with E-state index in [1.807, 2.05) is 18.2 Å². The van der Waals surface area contributed by atoms with Crippen LogP contribution in [0.15, 0.2) is 55.2 Å². The third-order valence-electron chi connectivity index (χ3n) is 4.63. The van der Waals surface area contributed by atoms with Crippen LogP contribution in [0.25, 0.3) is 21.6 Å². The van der Waals surface area contributed by atoms with Crippen LogP contribution in [-0.2, 0) is 9.63 Å². The molecule has 0 aliphatic rings. The SMILES string of the molecule is O=C(c1cnc[nH]1)N(OC(=O)C(F)(F)F)c1ccnc(-c2nnc(Nc3ccc4[nH]ncc4c3)s2)c1. The molecule has 0 aliphatic carbocycles. The number of hydroxylamine groups is 1. The predicted octanol–water partition coefficient (Wildman–Crippen LogP) is 3.61. The Labute approximate surface area is 202 Å². The van der Waals surface area contributed by atoms with Crippen LogP contribution >= 0.6 is 11.3 Å². The average Bonchev–Trinajstić information content (AvgIpc) is 3.63. The molecule has 0 saturated carbocycles. The van der Waals surface area contributed by atoms with Gasteiger partial charge in [-0.05, 0) is 30.3 Å². The van der Waals surface area contributed by atoms with Crippen molar-refractivity contribution >= 4 is 50.6 Å². The molecule has 0 aliphatic heterocycles. The lowest BCUT2D eigenvalue weighted by atomic mass is 10.2. The molecule has 12 nitrogen and oxygen atoms in total. The number of benzene rings is 1. The van der Waals surface area contributed by atoms with E-state index in [4.69, 9.17) is 0 Å². The van der Waals surface area contributed by atoms with Gasteiger partial charge in [0.05, 0.1) is 29.9 Å². The number of hydrogen-bond acceptors (Lipinski definition) is 10. The molecular formula is C20H12F3N9O3S. The Bertz CT molecular complexity index is 1550. The molecule has 0 saturated heterocycles. The number of aromatic nitrogens is 7. The van der Waals surface area contributed by atoms with Crippen molar-refractivity contribution in [2.24, 2.45) is 0 Å². The Hall–Kier alpha value is -4.86. The number of pyridine rings is 1. The number of rotatable bonds is 5. The summed E-state index contributed by atoms with van der Waals surface area (Å²) in [5.41, 5.74) is 1.35. The van der Waals surface area contributed by atoms with Crippen LogP contribution in [0.5, 0.6) is 0 Å². The molecule has 0 fully saturated rings. The average molecular weight is 515 g/mol. The first-order valence-corrected chi connectivity index (χ1v) is 10.7. The van der Waals surface area contributed by atoms with Crippen molar-refractivity contribution < 1.29 is 27.6 Å². The summed E-state index contributed by atoms with van der Waals surface area (Å²) in [6.07, 6.45) is -0.219. The fourth-order valence-electron chi connectivity index (χ4n) is 3.01. The lowest BCUT2D eigenvalue weighted by Gasteiger charge is -2.21. The van der Waals surface area contributed by atoms with Gasteiger partial charge in [-0.25, -0.2) is 9.78 Å². The highest BCUT2D eigenvalue weighted by Crippen LogP contribution is 2.31. The molecule has 0 atom stereocenters. The van der Waals surface area contributed by atoms with Crippen molar-refractivity contribution in [2.45, 2.75) is 6.18 Å². The van der Waals surface area contributed by atoms with Crippen molar-refractivity contribution in [2.75, 3.05) is 10.4 Å². The topological polar surface area (TPSA) is 155 Å². The van der Waals surface area contributed by atoms with Gasteiger partial charge in [0.15, 0.2) is 5.01 Å². The van der Waals surface area contributed by atoms with E-state index in [0.29, 0.717) is 10.1 Å². The summed E-state index contributed by atoms with van der Waals surface area (Å²) in [6, 6.07) is 7.94.